The number of hydrogen-bond acceptors (Lipinski definition) is 3. The number of carbonyl (C=O) groups excluding carboxylic acids is 1. The third kappa shape index (κ3) is 4.62. The normalized spacial score (nSPS) is 19.5. The zero-order chi connectivity index (χ0) is 11.3. The van der Waals surface area contributed by atoms with Crippen LogP contribution in [-0.2, 0) is 9.63 Å². The summed E-state index contributed by atoms with van der Waals surface area (Å²) in [6, 6.07) is 0. The van der Waals surface area contributed by atoms with Gasteiger partial charge in [-0.2, -0.15) is 0 Å². The van der Waals surface area contributed by atoms with Gasteiger partial charge in [0, 0.05) is 12.0 Å². The highest BCUT2D eigenvalue weighted by Crippen LogP contribution is 2.29. The van der Waals surface area contributed by atoms with Gasteiger partial charge in [0.25, 0.3) is 0 Å². The second-order valence-electron chi connectivity index (χ2n) is 4.98. The van der Waals surface area contributed by atoms with E-state index in [1.807, 2.05) is 13.8 Å². The molecule has 15 heavy (non-hydrogen) atoms. The van der Waals surface area contributed by atoms with E-state index in [9.17, 15) is 4.79 Å². The molecule has 3 N–H and O–H groups in total. The van der Waals surface area contributed by atoms with Gasteiger partial charge in [0.1, 0.15) is 0 Å². The monoisotopic (exact) mass is 214 g/mol. The number of rotatable bonds is 5. The van der Waals surface area contributed by atoms with Gasteiger partial charge in [0.2, 0.25) is 5.91 Å². The summed E-state index contributed by atoms with van der Waals surface area (Å²) < 4.78 is 0. The lowest BCUT2D eigenvalue weighted by atomic mass is 9.95. The molecule has 0 aromatic rings. The van der Waals surface area contributed by atoms with Crippen LogP contribution in [0.4, 0.5) is 0 Å². The average molecular weight is 214 g/mol. The quantitative estimate of drug-likeness (QED) is 0.679. The molecular weight excluding hydrogens is 192 g/mol. The minimum Gasteiger partial charge on any atom is -0.325 e. The Balaban J connectivity index is 2.18. The van der Waals surface area contributed by atoms with E-state index in [-0.39, 0.29) is 11.4 Å². The zero-order valence-corrected chi connectivity index (χ0v) is 9.71. The minimum absolute atomic E-state index is 0.0972. The summed E-state index contributed by atoms with van der Waals surface area (Å²) in [5.41, 5.74) is 8.24. The van der Waals surface area contributed by atoms with Crippen LogP contribution in [0.1, 0.15) is 46.0 Å². The predicted molar refractivity (Wildman–Crippen MR) is 58.9 cm³/mol. The van der Waals surface area contributed by atoms with Crippen molar-refractivity contribution in [3.05, 3.63) is 0 Å². The molecule has 0 spiro atoms. The first-order valence-corrected chi connectivity index (χ1v) is 5.71. The highest BCUT2D eigenvalue weighted by Gasteiger charge is 2.31. The van der Waals surface area contributed by atoms with Crippen LogP contribution >= 0.6 is 0 Å². The fourth-order valence-electron chi connectivity index (χ4n) is 1.90. The van der Waals surface area contributed by atoms with E-state index in [2.05, 4.69) is 5.48 Å². The Morgan fingerprint density at radius 1 is 1.47 bits per heavy atom. The van der Waals surface area contributed by atoms with E-state index >= 15 is 0 Å². The molecule has 0 bridgehead atoms. The summed E-state index contributed by atoms with van der Waals surface area (Å²) in [6.07, 6.45) is 4.55. The molecule has 1 saturated carbocycles. The van der Waals surface area contributed by atoms with Crippen molar-refractivity contribution in [3.63, 3.8) is 0 Å². The van der Waals surface area contributed by atoms with Crippen LogP contribution in [0.2, 0.25) is 0 Å². The van der Waals surface area contributed by atoms with Crippen LogP contribution in [0.25, 0.3) is 0 Å². The van der Waals surface area contributed by atoms with E-state index < -0.39 is 0 Å². The first-order valence-electron chi connectivity index (χ1n) is 5.71. The molecular formula is C11H22N2O2. The number of hydroxylamine groups is 1. The van der Waals surface area contributed by atoms with Crippen LogP contribution in [0.3, 0.4) is 0 Å². The molecule has 0 atom stereocenters. The summed E-state index contributed by atoms with van der Waals surface area (Å²) in [7, 11) is 0. The van der Waals surface area contributed by atoms with Crippen molar-refractivity contribution >= 4 is 5.91 Å². The highest BCUT2D eigenvalue weighted by molar-refractivity contribution is 5.76. The van der Waals surface area contributed by atoms with Crippen molar-refractivity contribution < 1.29 is 9.63 Å². The van der Waals surface area contributed by atoms with Crippen molar-refractivity contribution in [2.75, 3.05) is 6.61 Å². The molecule has 1 aliphatic carbocycles. The Labute approximate surface area is 91.5 Å². The van der Waals surface area contributed by atoms with E-state index in [0.717, 1.165) is 25.7 Å². The van der Waals surface area contributed by atoms with Crippen LogP contribution in [0.5, 0.6) is 0 Å². The molecule has 4 heteroatoms. The standard InChI is InChI=1S/C11H22N2O2/c1-9(2)8-15-13-10(14)7-11(12)5-3-4-6-11/h9H,3-8,12H2,1-2H3,(H,13,14). The van der Waals surface area contributed by atoms with Crippen LogP contribution < -0.4 is 11.2 Å². The van der Waals surface area contributed by atoms with E-state index in [1.54, 1.807) is 0 Å². The maximum Gasteiger partial charge on any atom is 0.245 e. The topological polar surface area (TPSA) is 64.3 Å². The SMILES string of the molecule is CC(C)CONC(=O)CC1(N)CCCC1. The van der Waals surface area contributed by atoms with E-state index in [4.69, 9.17) is 10.6 Å². The van der Waals surface area contributed by atoms with Crippen LogP contribution in [-0.4, -0.2) is 18.1 Å². The van der Waals surface area contributed by atoms with Gasteiger partial charge >= 0.3 is 0 Å². The Morgan fingerprint density at radius 2 is 2.07 bits per heavy atom. The van der Waals surface area contributed by atoms with Gasteiger partial charge in [-0.25, -0.2) is 5.48 Å². The second kappa shape index (κ2) is 5.47. The Kier molecular flexibility index (Phi) is 4.54. The number of nitrogens with two attached hydrogens (primary N) is 1. The summed E-state index contributed by atoms with van der Waals surface area (Å²) in [5, 5.41) is 0. The number of hydrogen-bond donors (Lipinski definition) is 2. The molecule has 0 saturated heterocycles. The molecule has 0 heterocycles. The minimum atomic E-state index is -0.286. The van der Waals surface area contributed by atoms with Crippen molar-refractivity contribution in [3.8, 4) is 0 Å². The first kappa shape index (κ1) is 12.5. The smallest absolute Gasteiger partial charge is 0.245 e. The summed E-state index contributed by atoms with van der Waals surface area (Å²) in [5.74, 6) is 0.323. The van der Waals surface area contributed by atoms with Crippen molar-refractivity contribution in [1.29, 1.82) is 0 Å². The van der Waals surface area contributed by atoms with Crippen molar-refractivity contribution in [1.82, 2.24) is 5.48 Å². The lowest BCUT2D eigenvalue weighted by Gasteiger charge is -2.22. The Hall–Kier alpha value is -0.610. The second-order valence-corrected chi connectivity index (χ2v) is 4.98. The van der Waals surface area contributed by atoms with Gasteiger partial charge in [0.15, 0.2) is 0 Å². The van der Waals surface area contributed by atoms with Gasteiger partial charge < -0.3 is 5.73 Å². The first-order chi connectivity index (χ1) is 7.02. The van der Waals surface area contributed by atoms with Gasteiger partial charge in [-0.15, -0.1) is 0 Å². The number of carbonyl (C=O) groups is 1. The summed E-state index contributed by atoms with van der Waals surface area (Å²) >= 11 is 0. The molecule has 0 aromatic heterocycles. The number of nitrogens with one attached hydrogen (secondary N) is 1. The molecule has 0 radical (unpaired) electrons. The molecule has 1 fully saturated rings. The van der Waals surface area contributed by atoms with Gasteiger partial charge in [0.05, 0.1) is 6.61 Å². The molecule has 88 valence electrons. The maximum absolute atomic E-state index is 11.5. The van der Waals surface area contributed by atoms with Gasteiger partial charge in [-0.05, 0) is 18.8 Å². The molecule has 4 nitrogen and oxygen atoms in total. The Morgan fingerprint density at radius 3 is 2.60 bits per heavy atom. The molecule has 1 rings (SSSR count). The third-order valence-corrected chi connectivity index (χ3v) is 2.71. The van der Waals surface area contributed by atoms with Crippen LogP contribution in [0, 0.1) is 5.92 Å². The van der Waals surface area contributed by atoms with Gasteiger partial charge in [-0.1, -0.05) is 26.7 Å². The lowest BCUT2D eigenvalue weighted by Crippen LogP contribution is -2.42. The van der Waals surface area contributed by atoms with Crippen molar-refractivity contribution in [2.24, 2.45) is 11.7 Å². The molecule has 0 aromatic carbocycles. The van der Waals surface area contributed by atoms with Crippen LogP contribution in [0.15, 0.2) is 0 Å². The Bertz CT molecular complexity index is 211. The molecule has 1 aliphatic rings. The molecule has 0 unspecified atom stereocenters. The molecule has 1 amide bonds. The maximum atomic E-state index is 11.5. The predicted octanol–water partition coefficient (Wildman–Crippen LogP) is 1.35. The van der Waals surface area contributed by atoms with Crippen molar-refractivity contribution in [2.45, 2.75) is 51.5 Å². The van der Waals surface area contributed by atoms with E-state index in [0.29, 0.717) is 18.9 Å². The third-order valence-electron chi connectivity index (χ3n) is 2.71. The summed E-state index contributed by atoms with van der Waals surface area (Å²) in [4.78, 5) is 16.5. The fraction of sp³-hybridized carbons (Fsp3) is 0.909. The zero-order valence-electron chi connectivity index (χ0n) is 9.71. The molecule has 0 aliphatic heterocycles. The summed E-state index contributed by atoms with van der Waals surface area (Å²) in [6.45, 7) is 4.62. The largest absolute Gasteiger partial charge is 0.325 e. The lowest BCUT2D eigenvalue weighted by molar-refractivity contribution is -0.135. The van der Waals surface area contributed by atoms with Gasteiger partial charge in [-0.3, -0.25) is 9.63 Å². The average Bonchev–Trinajstić information content (AvgIpc) is 2.50. The highest BCUT2D eigenvalue weighted by atomic mass is 16.6. The fourth-order valence-corrected chi connectivity index (χ4v) is 1.90. The van der Waals surface area contributed by atoms with E-state index in [1.165, 1.54) is 0 Å². The number of amides is 1.